The average Bonchev–Trinajstić information content (AvgIpc) is 2.98. The van der Waals surface area contributed by atoms with Gasteiger partial charge >= 0.3 is 0 Å². The van der Waals surface area contributed by atoms with Gasteiger partial charge in [0.05, 0.1) is 4.92 Å². The molecule has 1 aromatic carbocycles. The van der Waals surface area contributed by atoms with Gasteiger partial charge in [-0.1, -0.05) is 12.1 Å². The van der Waals surface area contributed by atoms with Crippen LogP contribution in [0.15, 0.2) is 12.1 Å². The second-order valence-corrected chi connectivity index (χ2v) is 4.90. The molecule has 4 nitrogen and oxygen atoms in total. The van der Waals surface area contributed by atoms with Gasteiger partial charge in [0.25, 0.3) is 5.69 Å². The standard InChI is InChI=1S/C13H16N2O2/c16-15(17)13-10-4-1-3-9(10)6-7-11(13)12-5-2-8-14-12/h6-7,12,14H,1-5,8H2/t12-/m1/s1. The molecule has 17 heavy (non-hydrogen) atoms. The Hall–Kier alpha value is -1.42. The second-order valence-electron chi connectivity index (χ2n) is 4.90. The first-order chi connectivity index (χ1) is 8.27. The molecule has 0 aromatic heterocycles. The zero-order valence-electron chi connectivity index (χ0n) is 9.74. The van der Waals surface area contributed by atoms with Crippen LogP contribution in [0.25, 0.3) is 0 Å². The van der Waals surface area contributed by atoms with Crippen molar-refractivity contribution in [1.29, 1.82) is 0 Å². The van der Waals surface area contributed by atoms with Gasteiger partial charge in [0.1, 0.15) is 0 Å². The molecule has 0 amide bonds. The third-order valence-electron chi connectivity index (χ3n) is 3.90. The van der Waals surface area contributed by atoms with Crippen LogP contribution in [-0.4, -0.2) is 11.5 Å². The maximum atomic E-state index is 11.3. The molecule has 2 aliphatic rings. The van der Waals surface area contributed by atoms with E-state index in [0.29, 0.717) is 5.69 Å². The largest absolute Gasteiger partial charge is 0.310 e. The SMILES string of the molecule is O=[N+]([O-])c1c([C@H]2CCCN2)ccc2c1CCC2. The van der Waals surface area contributed by atoms with E-state index in [1.54, 1.807) is 0 Å². The topological polar surface area (TPSA) is 55.2 Å². The second kappa shape index (κ2) is 4.11. The lowest BCUT2D eigenvalue weighted by atomic mass is 9.97. The van der Waals surface area contributed by atoms with Crippen molar-refractivity contribution >= 4 is 5.69 Å². The molecule has 90 valence electrons. The van der Waals surface area contributed by atoms with Gasteiger partial charge in [-0.3, -0.25) is 10.1 Å². The average molecular weight is 232 g/mol. The third kappa shape index (κ3) is 1.72. The fourth-order valence-corrected chi connectivity index (χ4v) is 3.11. The summed E-state index contributed by atoms with van der Waals surface area (Å²) in [5.41, 5.74) is 3.45. The Morgan fingerprint density at radius 3 is 2.88 bits per heavy atom. The van der Waals surface area contributed by atoms with Gasteiger partial charge in [-0.2, -0.15) is 0 Å². The molecule has 1 aliphatic heterocycles. The number of nitro benzene ring substituents is 1. The van der Waals surface area contributed by atoms with Crippen LogP contribution in [-0.2, 0) is 12.8 Å². The van der Waals surface area contributed by atoms with Gasteiger partial charge in [0.2, 0.25) is 0 Å². The summed E-state index contributed by atoms with van der Waals surface area (Å²) < 4.78 is 0. The Balaban J connectivity index is 2.11. The van der Waals surface area contributed by atoms with Gasteiger partial charge < -0.3 is 5.32 Å². The Labute approximate surface area is 100 Å². The minimum absolute atomic E-state index is 0.181. The molecule has 0 unspecified atom stereocenters. The Bertz CT molecular complexity index is 465. The predicted molar refractivity (Wildman–Crippen MR) is 65.1 cm³/mol. The van der Waals surface area contributed by atoms with E-state index >= 15 is 0 Å². The van der Waals surface area contributed by atoms with E-state index in [1.165, 1.54) is 5.56 Å². The van der Waals surface area contributed by atoms with E-state index in [1.807, 2.05) is 6.07 Å². The summed E-state index contributed by atoms with van der Waals surface area (Å²) in [6.45, 7) is 0.971. The number of nitrogens with one attached hydrogen (secondary N) is 1. The molecule has 1 aliphatic carbocycles. The van der Waals surface area contributed by atoms with Crippen molar-refractivity contribution in [3.05, 3.63) is 38.9 Å². The number of hydrogen-bond donors (Lipinski definition) is 1. The van der Waals surface area contributed by atoms with Gasteiger partial charge in [-0.25, -0.2) is 0 Å². The van der Waals surface area contributed by atoms with Gasteiger partial charge in [0.15, 0.2) is 0 Å². The van der Waals surface area contributed by atoms with Gasteiger partial charge in [-0.05, 0) is 44.2 Å². The maximum absolute atomic E-state index is 11.3. The Morgan fingerprint density at radius 1 is 1.29 bits per heavy atom. The molecule has 1 atom stereocenters. The fourth-order valence-electron chi connectivity index (χ4n) is 3.11. The van der Waals surface area contributed by atoms with Gasteiger partial charge in [0, 0.05) is 17.2 Å². The van der Waals surface area contributed by atoms with Crippen molar-refractivity contribution in [2.75, 3.05) is 6.54 Å². The predicted octanol–water partition coefficient (Wildman–Crippen LogP) is 2.51. The summed E-state index contributed by atoms with van der Waals surface area (Å²) in [7, 11) is 0. The number of rotatable bonds is 2. The molecule has 1 saturated heterocycles. The quantitative estimate of drug-likeness (QED) is 0.629. The van der Waals surface area contributed by atoms with E-state index in [0.717, 1.165) is 49.8 Å². The minimum Gasteiger partial charge on any atom is -0.310 e. The molecular weight excluding hydrogens is 216 g/mol. The third-order valence-corrected chi connectivity index (χ3v) is 3.90. The van der Waals surface area contributed by atoms with Crippen molar-refractivity contribution < 1.29 is 4.92 Å². The van der Waals surface area contributed by atoms with Crippen molar-refractivity contribution in [2.24, 2.45) is 0 Å². The van der Waals surface area contributed by atoms with Crippen LogP contribution in [0, 0.1) is 10.1 Å². The van der Waals surface area contributed by atoms with Crippen LogP contribution in [0.2, 0.25) is 0 Å². The highest BCUT2D eigenvalue weighted by molar-refractivity contribution is 5.55. The van der Waals surface area contributed by atoms with Crippen LogP contribution >= 0.6 is 0 Å². The monoisotopic (exact) mass is 232 g/mol. The number of nitrogens with zero attached hydrogens (tertiary/aromatic N) is 1. The normalized spacial score (nSPS) is 22.7. The molecule has 0 saturated carbocycles. The number of fused-ring (bicyclic) bond motifs is 1. The number of benzene rings is 1. The first-order valence-electron chi connectivity index (χ1n) is 6.30. The molecule has 1 fully saturated rings. The lowest BCUT2D eigenvalue weighted by molar-refractivity contribution is -0.386. The summed E-state index contributed by atoms with van der Waals surface area (Å²) in [6.07, 6.45) is 5.04. The molecule has 1 N–H and O–H groups in total. The highest BCUT2D eigenvalue weighted by Crippen LogP contribution is 2.38. The van der Waals surface area contributed by atoms with Crippen LogP contribution in [0.5, 0.6) is 0 Å². The molecule has 0 radical (unpaired) electrons. The van der Waals surface area contributed by atoms with Crippen molar-refractivity contribution in [3.8, 4) is 0 Å². The van der Waals surface area contributed by atoms with E-state index < -0.39 is 0 Å². The number of aryl methyl sites for hydroxylation is 1. The molecular formula is C13H16N2O2. The van der Waals surface area contributed by atoms with Crippen molar-refractivity contribution in [1.82, 2.24) is 5.32 Å². The number of hydrogen-bond acceptors (Lipinski definition) is 3. The Kier molecular flexibility index (Phi) is 2.59. The van der Waals surface area contributed by atoms with E-state index in [-0.39, 0.29) is 11.0 Å². The van der Waals surface area contributed by atoms with Crippen LogP contribution in [0.3, 0.4) is 0 Å². The fraction of sp³-hybridized carbons (Fsp3) is 0.538. The Morgan fingerprint density at radius 2 is 2.18 bits per heavy atom. The highest BCUT2D eigenvalue weighted by Gasteiger charge is 2.30. The molecule has 1 heterocycles. The zero-order chi connectivity index (χ0) is 11.8. The summed E-state index contributed by atoms with van der Waals surface area (Å²) >= 11 is 0. The summed E-state index contributed by atoms with van der Waals surface area (Å²) in [5, 5.41) is 14.7. The van der Waals surface area contributed by atoms with Crippen molar-refractivity contribution in [3.63, 3.8) is 0 Å². The molecule has 3 rings (SSSR count). The van der Waals surface area contributed by atoms with E-state index in [2.05, 4.69) is 11.4 Å². The molecule has 0 spiro atoms. The minimum atomic E-state index is -0.181. The lowest BCUT2D eigenvalue weighted by Crippen LogP contribution is -2.15. The smallest absolute Gasteiger partial charge is 0.277 e. The molecule has 4 heteroatoms. The van der Waals surface area contributed by atoms with E-state index in [9.17, 15) is 10.1 Å². The maximum Gasteiger partial charge on any atom is 0.277 e. The first kappa shape index (κ1) is 10.7. The summed E-state index contributed by atoms with van der Waals surface area (Å²) in [5.74, 6) is 0. The first-order valence-corrected chi connectivity index (χ1v) is 6.30. The van der Waals surface area contributed by atoms with Crippen molar-refractivity contribution in [2.45, 2.75) is 38.1 Å². The summed E-state index contributed by atoms with van der Waals surface area (Å²) in [6, 6.07) is 4.23. The van der Waals surface area contributed by atoms with Crippen LogP contribution in [0.1, 0.15) is 42.0 Å². The number of nitro groups is 1. The molecule has 1 aromatic rings. The van der Waals surface area contributed by atoms with E-state index in [4.69, 9.17) is 0 Å². The van der Waals surface area contributed by atoms with Crippen LogP contribution in [0.4, 0.5) is 5.69 Å². The zero-order valence-corrected chi connectivity index (χ0v) is 9.74. The highest BCUT2D eigenvalue weighted by atomic mass is 16.6. The molecule has 0 bridgehead atoms. The van der Waals surface area contributed by atoms with Crippen LogP contribution < -0.4 is 5.32 Å². The van der Waals surface area contributed by atoms with Gasteiger partial charge in [-0.15, -0.1) is 0 Å². The lowest BCUT2D eigenvalue weighted by Gasteiger charge is -2.13. The summed E-state index contributed by atoms with van der Waals surface area (Å²) in [4.78, 5) is 11.1.